The van der Waals surface area contributed by atoms with Gasteiger partial charge < -0.3 is 0 Å². The fraction of sp³-hybridized carbons (Fsp3) is 0.350. The summed E-state index contributed by atoms with van der Waals surface area (Å²) < 4.78 is 24.8. The van der Waals surface area contributed by atoms with Crippen LogP contribution in [0.15, 0.2) is 42.5 Å². The van der Waals surface area contributed by atoms with Crippen molar-refractivity contribution in [3.8, 4) is 0 Å². The van der Waals surface area contributed by atoms with Crippen LogP contribution in [-0.4, -0.2) is 38.0 Å². The lowest BCUT2D eigenvalue weighted by Gasteiger charge is -2.25. The minimum absolute atomic E-state index is 0.0130. The van der Waals surface area contributed by atoms with Gasteiger partial charge in [-0.25, -0.2) is 13.2 Å². The molecular formula is C20H22N2O3S. The van der Waals surface area contributed by atoms with Crippen LogP contribution in [-0.2, 0) is 9.84 Å². The van der Waals surface area contributed by atoms with Gasteiger partial charge in [-0.05, 0) is 49.6 Å². The molecule has 0 aromatic heterocycles. The predicted molar refractivity (Wildman–Crippen MR) is 104 cm³/mol. The number of fused-ring (bicyclic) bond motifs is 1. The first-order chi connectivity index (χ1) is 12.3. The van der Waals surface area contributed by atoms with Gasteiger partial charge in [0, 0.05) is 11.4 Å². The van der Waals surface area contributed by atoms with Crippen molar-refractivity contribution in [1.29, 1.82) is 0 Å². The molecule has 4 rings (SSSR count). The van der Waals surface area contributed by atoms with E-state index in [1.807, 2.05) is 63.2 Å². The van der Waals surface area contributed by atoms with E-state index in [4.69, 9.17) is 0 Å². The number of rotatable bonds is 2. The highest BCUT2D eigenvalue weighted by molar-refractivity contribution is 7.91. The van der Waals surface area contributed by atoms with Crippen LogP contribution in [0.25, 0.3) is 0 Å². The molecule has 136 valence electrons. The Morgan fingerprint density at radius 3 is 2.00 bits per heavy atom. The molecule has 0 N–H and O–H groups in total. The summed E-state index contributed by atoms with van der Waals surface area (Å²) in [6.45, 7) is 5.93. The number of anilines is 2. The van der Waals surface area contributed by atoms with Crippen LogP contribution in [0.1, 0.15) is 16.7 Å². The van der Waals surface area contributed by atoms with E-state index in [0.717, 1.165) is 28.1 Å². The Bertz CT molecular complexity index is 1000. The number of aryl methyl sites for hydroxylation is 2. The second-order valence-electron chi connectivity index (χ2n) is 7.24. The van der Waals surface area contributed by atoms with Gasteiger partial charge in [0.2, 0.25) is 0 Å². The third-order valence-corrected chi connectivity index (χ3v) is 7.28. The van der Waals surface area contributed by atoms with Gasteiger partial charge in [-0.2, -0.15) is 0 Å². The summed E-state index contributed by atoms with van der Waals surface area (Å²) in [5.41, 5.74) is 4.65. The number of sulfone groups is 1. The lowest BCUT2D eigenvalue weighted by Crippen LogP contribution is -2.38. The highest BCUT2D eigenvalue weighted by Gasteiger charge is 2.54. The zero-order valence-electron chi connectivity index (χ0n) is 15.1. The van der Waals surface area contributed by atoms with E-state index >= 15 is 0 Å². The molecule has 0 unspecified atom stereocenters. The summed E-state index contributed by atoms with van der Waals surface area (Å²) in [6, 6.07) is 12.6. The highest BCUT2D eigenvalue weighted by Crippen LogP contribution is 2.40. The van der Waals surface area contributed by atoms with Crippen LogP contribution in [0, 0.1) is 20.8 Å². The van der Waals surface area contributed by atoms with Gasteiger partial charge in [0.15, 0.2) is 9.84 Å². The van der Waals surface area contributed by atoms with Gasteiger partial charge in [0.25, 0.3) is 0 Å². The Kier molecular flexibility index (Phi) is 3.84. The van der Waals surface area contributed by atoms with Gasteiger partial charge in [-0.1, -0.05) is 30.3 Å². The minimum atomic E-state index is -3.18. The molecule has 0 radical (unpaired) electrons. The molecule has 2 atom stereocenters. The SMILES string of the molecule is Cc1ccccc1N1C(=O)N(c2cccc(C)c2C)[C@H]2CS(=O)(=O)C[C@H]21. The van der Waals surface area contributed by atoms with E-state index in [9.17, 15) is 13.2 Å². The molecule has 2 aliphatic heterocycles. The number of urea groups is 1. The average molecular weight is 370 g/mol. The van der Waals surface area contributed by atoms with Gasteiger partial charge in [0.05, 0.1) is 23.6 Å². The van der Waals surface area contributed by atoms with E-state index in [1.165, 1.54) is 0 Å². The molecule has 26 heavy (non-hydrogen) atoms. The minimum Gasteiger partial charge on any atom is -0.288 e. The first-order valence-electron chi connectivity index (χ1n) is 8.75. The fourth-order valence-corrected chi connectivity index (χ4v) is 6.02. The van der Waals surface area contributed by atoms with E-state index < -0.39 is 9.84 Å². The zero-order chi connectivity index (χ0) is 18.6. The molecule has 0 bridgehead atoms. The number of carbonyl (C=O) groups is 1. The molecule has 2 saturated heterocycles. The fourth-order valence-electron chi connectivity index (χ4n) is 4.10. The second-order valence-corrected chi connectivity index (χ2v) is 9.39. The van der Waals surface area contributed by atoms with Crippen molar-refractivity contribution >= 4 is 27.2 Å². The van der Waals surface area contributed by atoms with Crippen molar-refractivity contribution in [2.45, 2.75) is 32.9 Å². The number of hydrogen-bond donors (Lipinski definition) is 0. The maximum Gasteiger partial charge on any atom is 0.329 e. The standard InChI is InChI=1S/C20H22N2O3S/c1-13-8-6-10-17(15(13)3)22-19-12-26(24,25)11-18(19)21(20(22)23)16-9-5-4-7-14(16)2/h4-10,18-19H,11-12H2,1-3H3/t18-,19+/m1/s1. The topological polar surface area (TPSA) is 57.7 Å². The third-order valence-electron chi connectivity index (χ3n) is 5.58. The second kappa shape index (κ2) is 5.84. The molecular weight excluding hydrogens is 348 g/mol. The van der Waals surface area contributed by atoms with Crippen molar-refractivity contribution in [1.82, 2.24) is 0 Å². The van der Waals surface area contributed by atoms with Crippen molar-refractivity contribution < 1.29 is 13.2 Å². The maximum atomic E-state index is 13.4. The monoisotopic (exact) mass is 370 g/mol. The Balaban J connectivity index is 1.87. The van der Waals surface area contributed by atoms with Crippen molar-refractivity contribution in [3.63, 3.8) is 0 Å². The number of para-hydroxylation sites is 1. The Morgan fingerprint density at radius 2 is 1.35 bits per heavy atom. The number of benzene rings is 2. The number of nitrogens with zero attached hydrogens (tertiary/aromatic N) is 2. The summed E-state index contributed by atoms with van der Waals surface area (Å²) in [5.74, 6) is 0.0261. The van der Waals surface area contributed by atoms with Gasteiger partial charge in [-0.15, -0.1) is 0 Å². The molecule has 6 heteroatoms. The molecule has 2 aromatic rings. The first kappa shape index (κ1) is 17.1. The first-order valence-corrected chi connectivity index (χ1v) is 10.6. The average Bonchev–Trinajstić information content (AvgIpc) is 3.00. The molecule has 2 aliphatic rings. The van der Waals surface area contributed by atoms with Crippen molar-refractivity contribution in [2.75, 3.05) is 21.3 Å². The molecule has 2 heterocycles. The predicted octanol–water partition coefficient (Wildman–Crippen LogP) is 3.22. The molecule has 2 fully saturated rings. The van der Waals surface area contributed by atoms with E-state index in [-0.39, 0.29) is 29.6 Å². The van der Waals surface area contributed by atoms with Gasteiger partial charge in [0.1, 0.15) is 0 Å². The van der Waals surface area contributed by atoms with Crippen LogP contribution in [0.4, 0.5) is 16.2 Å². The Labute approximate surface area is 154 Å². The van der Waals surface area contributed by atoms with Crippen molar-refractivity contribution in [2.24, 2.45) is 0 Å². The molecule has 0 saturated carbocycles. The van der Waals surface area contributed by atoms with Gasteiger partial charge >= 0.3 is 6.03 Å². The Morgan fingerprint density at radius 1 is 0.808 bits per heavy atom. The molecule has 0 aliphatic carbocycles. The zero-order valence-corrected chi connectivity index (χ0v) is 16.0. The van der Waals surface area contributed by atoms with E-state index in [0.29, 0.717) is 0 Å². The van der Waals surface area contributed by atoms with Gasteiger partial charge in [-0.3, -0.25) is 9.80 Å². The normalized spacial score (nSPS) is 24.2. The summed E-state index contributed by atoms with van der Waals surface area (Å²) in [6.07, 6.45) is 0. The van der Waals surface area contributed by atoms with Crippen LogP contribution >= 0.6 is 0 Å². The molecule has 2 amide bonds. The Hall–Kier alpha value is -2.34. The largest absolute Gasteiger partial charge is 0.329 e. The number of carbonyl (C=O) groups excluding carboxylic acids is 1. The number of amides is 2. The maximum absolute atomic E-state index is 13.4. The lowest BCUT2D eigenvalue weighted by atomic mass is 10.1. The van der Waals surface area contributed by atoms with Crippen LogP contribution in [0.3, 0.4) is 0 Å². The smallest absolute Gasteiger partial charge is 0.288 e. The summed E-state index contributed by atoms with van der Waals surface area (Å²) in [7, 11) is -3.18. The highest BCUT2D eigenvalue weighted by atomic mass is 32.2. The molecule has 2 aromatic carbocycles. The quantitative estimate of drug-likeness (QED) is 0.763. The van der Waals surface area contributed by atoms with Crippen LogP contribution < -0.4 is 9.80 Å². The lowest BCUT2D eigenvalue weighted by molar-refractivity contribution is 0.255. The molecule has 0 spiro atoms. The van der Waals surface area contributed by atoms with Crippen molar-refractivity contribution in [3.05, 3.63) is 59.2 Å². The summed E-state index contributed by atoms with van der Waals surface area (Å²) in [4.78, 5) is 16.8. The molecule has 5 nitrogen and oxygen atoms in total. The summed E-state index contributed by atoms with van der Waals surface area (Å²) in [5, 5.41) is 0. The van der Waals surface area contributed by atoms with E-state index in [2.05, 4.69) is 0 Å². The van der Waals surface area contributed by atoms with Crippen LogP contribution in [0.5, 0.6) is 0 Å². The van der Waals surface area contributed by atoms with Crippen LogP contribution in [0.2, 0.25) is 0 Å². The third kappa shape index (κ3) is 2.51. The number of hydrogen-bond acceptors (Lipinski definition) is 3. The van der Waals surface area contributed by atoms with E-state index in [1.54, 1.807) is 9.80 Å². The summed E-state index contributed by atoms with van der Waals surface area (Å²) >= 11 is 0.